The molecule has 1 aliphatic carbocycles. The van der Waals surface area contributed by atoms with E-state index < -0.39 is 0 Å². The number of phenols is 1. The molecule has 1 aromatic carbocycles. The van der Waals surface area contributed by atoms with E-state index in [2.05, 4.69) is 0 Å². The van der Waals surface area contributed by atoms with Gasteiger partial charge in [0.05, 0.1) is 17.5 Å². The molecule has 2 amide bonds. The summed E-state index contributed by atoms with van der Waals surface area (Å²) in [6.45, 7) is 1.98. The van der Waals surface area contributed by atoms with Crippen LogP contribution in [0.25, 0.3) is 0 Å². The molecule has 0 unspecified atom stereocenters. The summed E-state index contributed by atoms with van der Waals surface area (Å²) in [6, 6.07) is 6.47. The van der Waals surface area contributed by atoms with Crippen LogP contribution in [0.2, 0.25) is 0 Å². The topological polar surface area (TPSA) is 57.6 Å². The first-order chi connectivity index (χ1) is 9.09. The van der Waals surface area contributed by atoms with Crippen LogP contribution in [0.1, 0.15) is 19.8 Å². The van der Waals surface area contributed by atoms with Crippen molar-refractivity contribution in [2.24, 2.45) is 11.8 Å². The first-order valence-corrected chi connectivity index (χ1v) is 6.41. The van der Waals surface area contributed by atoms with Crippen molar-refractivity contribution in [2.45, 2.75) is 19.8 Å². The Hall–Kier alpha value is -2.10. The molecular weight excluding hydrogens is 242 g/mol. The highest BCUT2D eigenvalue weighted by Gasteiger charge is 2.49. The van der Waals surface area contributed by atoms with Gasteiger partial charge in [0.2, 0.25) is 11.8 Å². The number of benzene rings is 1. The van der Waals surface area contributed by atoms with E-state index in [0.29, 0.717) is 18.5 Å². The van der Waals surface area contributed by atoms with Gasteiger partial charge in [-0.15, -0.1) is 0 Å². The number of hydrogen-bond donors (Lipinski definition) is 1. The number of hydrogen-bond acceptors (Lipinski definition) is 3. The molecule has 1 fully saturated rings. The summed E-state index contributed by atoms with van der Waals surface area (Å²) >= 11 is 0. The Morgan fingerprint density at radius 2 is 1.84 bits per heavy atom. The molecule has 2 atom stereocenters. The number of carbonyl (C=O) groups excluding carboxylic acids is 2. The van der Waals surface area contributed by atoms with Crippen LogP contribution >= 0.6 is 0 Å². The molecule has 0 aromatic heterocycles. The normalized spacial score (nSPS) is 26.4. The lowest BCUT2D eigenvalue weighted by Gasteiger charge is -2.18. The SMILES string of the molecule is CC1=CC[C@H]2C(=O)N(c3ccccc3O)C(=O)[C@@H]2C1. The predicted octanol–water partition coefficient (Wildman–Crippen LogP) is 2.24. The van der Waals surface area contributed by atoms with Gasteiger partial charge in [0.25, 0.3) is 0 Å². The molecule has 2 aliphatic rings. The number of imide groups is 1. The van der Waals surface area contributed by atoms with Gasteiger partial charge in [0.1, 0.15) is 5.75 Å². The molecule has 98 valence electrons. The number of allylic oxidation sites excluding steroid dienone is 2. The summed E-state index contributed by atoms with van der Waals surface area (Å²) in [5.41, 5.74) is 1.45. The van der Waals surface area contributed by atoms with Gasteiger partial charge in [-0.1, -0.05) is 23.8 Å². The quantitative estimate of drug-likeness (QED) is 0.620. The van der Waals surface area contributed by atoms with E-state index >= 15 is 0 Å². The lowest BCUT2D eigenvalue weighted by Crippen LogP contribution is -2.30. The second kappa shape index (κ2) is 4.23. The highest BCUT2D eigenvalue weighted by molar-refractivity contribution is 6.22. The number of phenolic OH excluding ortho intramolecular Hbond substituents is 1. The van der Waals surface area contributed by atoms with E-state index in [9.17, 15) is 14.7 Å². The van der Waals surface area contributed by atoms with Crippen LogP contribution < -0.4 is 4.90 Å². The van der Waals surface area contributed by atoms with Gasteiger partial charge in [-0.25, -0.2) is 4.90 Å². The molecule has 4 heteroatoms. The second-order valence-electron chi connectivity index (χ2n) is 5.20. The van der Waals surface area contributed by atoms with Crippen LogP contribution in [0.3, 0.4) is 0 Å². The van der Waals surface area contributed by atoms with Gasteiger partial charge < -0.3 is 5.11 Å². The molecule has 1 aromatic rings. The van der Waals surface area contributed by atoms with Crippen LogP contribution in [0, 0.1) is 11.8 Å². The predicted molar refractivity (Wildman–Crippen MR) is 70.6 cm³/mol. The number of rotatable bonds is 1. The maximum absolute atomic E-state index is 12.4. The van der Waals surface area contributed by atoms with E-state index in [1.54, 1.807) is 18.2 Å². The maximum atomic E-state index is 12.4. The Labute approximate surface area is 111 Å². The third-order valence-electron chi connectivity index (χ3n) is 3.95. The average molecular weight is 257 g/mol. The molecule has 1 heterocycles. The summed E-state index contributed by atoms with van der Waals surface area (Å²) in [5, 5.41) is 9.83. The van der Waals surface area contributed by atoms with Crippen molar-refractivity contribution in [3.05, 3.63) is 35.9 Å². The van der Waals surface area contributed by atoms with Crippen molar-refractivity contribution >= 4 is 17.5 Å². The first kappa shape index (κ1) is 12.0. The Kier molecular flexibility index (Phi) is 2.66. The molecule has 1 aliphatic heterocycles. The number of fused-ring (bicyclic) bond motifs is 1. The van der Waals surface area contributed by atoms with Gasteiger partial charge in [-0.2, -0.15) is 0 Å². The summed E-state index contributed by atoms with van der Waals surface area (Å²) in [7, 11) is 0. The fourth-order valence-corrected chi connectivity index (χ4v) is 2.93. The van der Waals surface area contributed by atoms with Crippen molar-refractivity contribution < 1.29 is 14.7 Å². The standard InChI is InChI=1S/C15H15NO3/c1-9-6-7-10-11(8-9)15(19)16(14(10)18)12-4-2-3-5-13(12)17/h2-6,10-11,17H,7-8H2,1H3/t10-,11-/m1/s1. The minimum Gasteiger partial charge on any atom is -0.506 e. The van der Waals surface area contributed by atoms with Crippen LogP contribution in [0.15, 0.2) is 35.9 Å². The summed E-state index contributed by atoms with van der Waals surface area (Å²) in [5.74, 6) is -0.954. The van der Waals surface area contributed by atoms with Crippen molar-refractivity contribution in [1.82, 2.24) is 0 Å². The van der Waals surface area contributed by atoms with Crippen LogP contribution in [-0.4, -0.2) is 16.9 Å². The Balaban J connectivity index is 2.00. The van der Waals surface area contributed by atoms with Gasteiger partial charge in [0, 0.05) is 0 Å². The van der Waals surface area contributed by atoms with E-state index in [4.69, 9.17) is 0 Å². The molecule has 1 saturated heterocycles. The lowest BCUT2D eigenvalue weighted by molar-refractivity contribution is -0.122. The molecule has 0 bridgehead atoms. The van der Waals surface area contributed by atoms with Crippen LogP contribution in [0.5, 0.6) is 5.75 Å². The fraction of sp³-hybridized carbons (Fsp3) is 0.333. The highest BCUT2D eigenvalue weighted by Crippen LogP contribution is 2.41. The monoisotopic (exact) mass is 257 g/mol. The zero-order valence-electron chi connectivity index (χ0n) is 10.7. The van der Waals surface area contributed by atoms with Crippen molar-refractivity contribution in [3.63, 3.8) is 0 Å². The molecule has 0 saturated carbocycles. The van der Waals surface area contributed by atoms with E-state index in [-0.39, 0.29) is 29.4 Å². The molecule has 3 rings (SSSR count). The van der Waals surface area contributed by atoms with Gasteiger partial charge >= 0.3 is 0 Å². The molecular formula is C15H15NO3. The summed E-state index contributed by atoms with van der Waals surface area (Å²) < 4.78 is 0. The van der Waals surface area contributed by atoms with Crippen LogP contribution in [0.4, 0.5) is 5.69 Å². The summed E-state index contributed by atoms with van der Waals surface area (Å²) in [4.78, 5) is 25.9. The number of carbonyl (C=O) groups is 2. The van der Waals surface area contributed by atoms with Crippen molar-refractivity contribution in [2.75, 3.05) is 4.90 Å². The molecule has 1 N–H and O–H groups in total. The third kappa shape index (κ3) is 1.75. The smallest absolute Gasteiger partial charge is 0.238 e. The molecule has 19 heavy (non-hydrogen) atoms. The number of para-hydroxylation sites is 2. The second-order valence-corrected chi connectivity index (χ2v) is 5.20. The number of aromatic hydroxyl groups is 1. The highest BCUT2D eigenvalue weighted by atomic mass is 16.3. The molecule has 4 nitrogen and oxygen atoms in total. The number of anilines is 1. The van der Waals surface area contributed by atoms with E-state index in [1.165, 1.54) is 6.07 Å². The van der Waals surface area contributed by atoms with Gasteiger partial charge in [-0.3, -0.25) is 9.59 Å². The average Bonchev–Trinajstić information content (AvgIpc) is 2.63. The Morgan fingerprint density at radius 3 is 2.58 bits per heavy atom. The Bertz CT molecular complexity index is 591. The van der Waals surface area contributed by atoms with Gasteiger partial charge in [-0.05, 0) is 31.9 Å². The zero-order chi connectivity index (χ0) is 13.6. The van der Waals surface area contributed by atoms with Gasteiger partial charge in [0.15, 0.2) is 0 Å². The number of nitrogens with zero attached hydrogens (tertiary/aromatic N) is 1. The molecule has 0 spiro atoms. The third-order valence-corrected chi connectivity index (χ3v) is 3.95. The zero-order valence-corrected chi connectivity index (χ0v) is 10.7. The largest absolute Gasteiger partial charge is 0.506 e. The minimum atomic E-state index is -0.268. The summed E-state index contributed by atoms with van der Waals surface area (Å²) in [6.07, 6.45) is 3.28. The van der Waals surface area contributed by atoms with E-state index in [0.717, 1.165) is 10.5 Å². The number of amides is 2. The maximum Gasteiger partial charge on any atom is 0.238 e. The molecule has 0 radical (unpaired) electrons. The van der Waals surface area contributed by atoms with E-state index in [1.807, 2.05) is 13.0 Å². The van der Waals surface area contributed by atoms with Crippen molar-refractivity contribution in [1.29, 1.82) is 0 Å². The fourth-order valence-electron chi connectivity index (χ4n) is 2.93. The lowest BCUT2D eigenvalue weighted by atomic mass is 9.82. The first-order valence-electron chi connectivity index (χ1n) is 6.41. The van der Waals surface area contributed by atoms with Crippen LogP contribution in [-0.2, 0) is 9.59 Å². The Morgan fingerprint density at radius 1 is 1.16 bits per heavy atom. The minimum absolute atomic E-state index is 0.0347. The van der Waals surface area contributed by atoms with Crippen molar-refractivity contribution in [3.8, 4) is 5.75 Å².